The first-order valence-electron chi connectivity index (χ1n) is 7.45. The number of benzene rings is 2. The van der Waals surface area contributed by atoms with Crippen LogP contribution in [0, 0.1) is 6.92 Å². The van der Waals surface area contributed by atoms with E-state index >= 15 is 0 Å². The number of carbonyl (C=O) groups is 1. The molecule has 2 aromatic carbocycles. The highest BCUT2D eigenvalue weighted by atomic mass is 16.1. The van der Waals surface area contributed by atoms with Crippen molar-refractivity contribution in [1.82, 2.24) is 9.97 Å². The zero-order valence-electron chi connectivity index (χ0n) is 12.6. The molecule has 0 aliphatic carbocycles. The number of H-pyrrole nitrogens is 1. The van der Waals surface area contributed by atoms with Gasteiger partial charge in [-0.05, 0) is 42.6 Å². The zero-order chi connectivity index (χ0) is 15.8. The molecule has 0 spiro atoms. The van der Waals surface area contributed by atoms with Crippen molar-refractivity contribution in [1.29, 1.82) is 0 Å². The maximum Gasteiger partial charge on any atom is 0.256 e. The monoisotopic (exact) mass is 301 g/mol. The van der Waals surface area contributed by atoms with Crippen LogP contribution in [0.25, 0.3) is 21.8 Å². The van der Waals surface area contributed by atoms with Crippen LogP contribution in [0.2, 0.25) is 0 Å². The van der Waals surface area contributed by atoms with Crippen molar-refractivity contribution < 1.29 is 4.79 Å². The second-order valence-corrected chi connectivity index (χ2v) is 5.56. The number of nitrogens with zero attached hydrogens (tertiary/aromatic N) is 1. The van der Waals surface area contributed by atoms with Gasteiger partial charge in [-0.15, -0.1) is 0 Å². The molecular formula is C19H15N3O. The second kappa shape index (κ2) is 5.25. The minimum Gasteiger partial charge on any atom is -0.361 e. The SMILES string of the molecule is Cc1cc(C(=O)Nc2ccc3cc[nH]c3c2)c2ccccc2n1. The number of carbonyl (C=O) groups excluding carboxylic acids is 1. The average molecular weight is 301 g/mol. The largest absolute Gasteiger partial charge is 0.361 e. The number of para-hydroxylation sites is 1. The molecule has 2 N–H and O–H groups in total. The summed E-state index contributed by atoms with van der Waals surface area (Å²) in [5.74, 6) is -0.127. The van der Waals surface area contributed by atoms with Gasteiger partial charge in [0.15, 0.2) is 0 Å². The number of pyridine rings is 1. The Morgan fingerprint density at radius 2 is 1.96 bits per heavy atom. The molecule has 0 radical (unpaired) electrons. The van der Waals surface area contributed by atoms with Gasteiger partial charge < -0.3 is 10.3 Å². The fourth-order valence-corrected chi connectivity index (χ4v) is 2.82. The predicted molar refractivity (Wildman–Crippen MR) is 92.7 cm³/mol. The summed E-state index contributed by atoms with van der Waals surface area (Å²) in [5.41, 5.74) is 4.06. The van der Waals surface area contributed by atoms with E-state index in [9.17, 15) is 4.79 Å². The minimum absolute atomic E-state index is 0.127. The lowest BCUT2D eigenvalue weighted by atomic mass is 10.1. The van der Waals surface area contributed by atoms with E-state index in [0.717, 1.165) is 33.2 Å². The third-order valence-electron chi connectivity index (χ3n) is 3.90. The summed E-state index contributed by atoms with van der Waals surface area (Å²) >= 11 is 0. The Kier molecular flexibility index (Phi) is 3.08. The molecule has 4 rings (SSSR count). The molecule has 0 aliphatic heterocycles. The Morgan fingerprint density at radius 3 is 2.87 bits per heavy atom. The lowest BCUT2D eigenvalue weighted by molar-refractivity contribution is 0.102. The molecule has 0 aliphatic rings. The Balaban J connectivity index is 1.74. The Labute approximate surface area is 133 Å². The molecule has 2 heterocycles. The molecule has 112 valence electrons. The van der Waals surface area contributed by atoms with Gasteiger partial charge in [0.05, 0.1) is 11.1 Å². The Bertz CT molecular complexity index is 1030. The van der Waals surface area contributed by atoms with Gasteiger partial charge in [-0.1, -0.05) is 24.3 Å². The number of nitrogens with one attached hydrogen (secondary N) is 2. The third-order valence-corrected chi connectivity index (χ3v) is 3.90. The maximum atomic E-state index is 12.7. The number of fused-ring (bicyclic) bond motifs is 2. The van der Waals surface area contributed by atoms with Crippen LogP contribution in [0.15, 0.2) is 60.8 Å². The summed E-state index contributed by atoms with van der Waals surface area (Å²) in [5, 5.41) is 4.95. The van der Waals surface area contributed by atoms with Crippen LogP contribution in [0.4, 0.5) is 5.69 Å². The topological polar surface area (TPSA) is 57.8 Å². The van der Waals surface area contributed by atoms with Crippen molar-refractivity contribution in [2.75, 3.05) is 5.32 Å². The van der Waals surface area contributed by atoms with Crippen molar-refractivity contribution in [2.45, 2.75) is 6.92 Å². The lowest BCUT2D eigenvalue weighted by Gasteiger charge is -2.09. The van der Waals surface area contributed by atoms with Crippen LogP contribution < -0.4 is 5.32 Å². The van der Waals surface area contributed by atoms with E-state index in [4.69, 9.17) is 0 Å². The van der Waals surface area contributed by atoms with E-state index < -0.39 is 0 Å². The van der Waals surface area contributed by atoms with E-state index in [1.54, 1.807) is 0 Å². The van der Waals surface area contributed by atoms with Crippen LogP contribution in [-0.2, 0) is 0 Å². The number of aromatic amines is 1. The second-order valence-electron chi connectivity index (χ2n) is 5.56. The molecule has 0 unspecified atom stereocenters. The quantitative estimate of drug-likeness (QED) is 0.580. The molecule has 0 saturated heterocycles. The van der Waals surface area contributed by atoms with Gasteiger partial charge in [-0.3, -0.25) is 9.78 Å². The molecule has 1 amide bonds. The van der Waals surface area contributed by atoms with Gasteiger partial charge in [0.1, 0.15) is 0 Å². The van der Waals surface area contributed by atoms with Gasteiger partial charge in [0, 0.05) is 28.5 Å². The molecular weight excluding hydrogens is 286 g/mol. The standard InChI is InChI=1S/C19H15N3O/c1-12-10-16(15-4-2-3-5-17(15)21-12)19(23)22-14-7-6-13-8-9-20-18(13)11-14/h2-11,20H,1H3,(H,22,23). The van der Waals surface area contributed by atoms with Gasteiger partial charge in [0.25, 0.3) is 5.91 Å². The third kappa shape index (κ3) is 2.44. The highest BCUT2D eigenvalue weighted by Crippen LogP contribution is 2.21. The number of aromatic nitrogens is 2. The van der Waals surface area contributed by atoms with Crippen molar-refractivity contribution in [3.8, 4) is 0 Å². The van der Waals surface area contributed by atoms with Gasteiger partial charge in [-0.25, -0.2) is 0 Å². The number of anilines is 1. The van der Waals surface area contributed by atoms with Crippen molar-refractivity contribution >= 4 is 33.4 Å². The first-order chi connectivity index (χ1) is 11.2. The van der Waals surface area contributed by atoms with Crippen molar-refractivity contribution in [3.63, 3.8) is 0 Å². The molecule has 0 bridgehead atoms. The van der Waals surface area contributed by atoms with E-state index in [1.165, 1.54) is 0 Å². The lowest BCUT2D eigenvalue weighted by Crippen LogP contribution is -2.13. The summed E-state index contributed by atoms with van der Waals surface area (Å²) < 4.78 is 0. The highest BCUT2D eigenvalue weighted by molar-refractivity contribution is 6.12. The molecule has 0 atom stereocenters. The average Bonchev–Trinajstić information content (AvgIpc) is 3.01. The predicted octanol–water partition coefficient (Wildman–Crippen LogP) is 4.28. The molecule has 4 aromatic rings. The number of amides is 1. The van der Waals surface area contributed by atoms with Crippen LogP contribution >= 0.6 is 0 Å². The molecule has 2 aromatic heterocycles. The van der Waals surface area contributed by atoms with E-state index in [2.05, 4.69) is 15.3 Å². The fourth-order valence-electron chi connectivity index (χ4n) is 2.82. The summed E-state index contributed by atoms with van der Waals surface area (Å²) in [6.07, 6.45) is 1.88. The van der Waals surface area contributed by atoms with Gasteiger partial charge in [0.2, 0.25) is 0 Å². The summed E-state index contributed by atoms with van der Waals surface area (Å²) in [6, 6.07) is 17.3. The Hall–Kier alpha value is -3.14. The summed E-state index contributed by atoms with van der Waals surface area (Å²) in [7, 11) is 0. The fraction of sp³-hybridized carbons (Fsp3) is 0.0526. The summed E-state index contributed by atoms with van der Waals surface area (Å²) in [6.45, 7) is 1.90. The zero-order valence-corrected chi connectivity index (χ0v) is 12.6. The number of hydrogen-bond acceptors (Lipinski definition) is 2. The molecule has 4 heteroatoms. The maximum absolute atomic E-state index is 12.7. The number of rotatable bonds is 2. The number of hydrogen-bond donors (Lipinski definition) is 2. The number of aryl methyl sites for hydroxylation is 1. The molecule has 23 heavy (non-hydrogen) atoms. The van der Waals surface area contributed by atoms with Crippen LogP contribution in [0.1, 0.15) is 16.1 Å². The first kappa shape index (κ1) is 13.5. The van der Waals surface area contributed by atoms with E-state index in [1.807, 2.05) is 67.7 Å². The van der Waals surface area contributed by atoms with Gasteiger partial charge in [-0.2, -0.15) is 0 Å². The minimum atomic E-state index is -0.127. The van der Waals surface area contributed by atoms with E-state index in [-0.39, 0.29) is 5.91 Å². The van der Waals surface area contributed by atoms with Gasteiger partial charge >= 0.3 is 0 Å². The highest BCUT2D eigenvalue weighted by Gasteiger charge is 2.12. The smallest absolute Gasteiger partial charge is 0.256 e. The molecule has 0 fully saturated rings. The first-order valence-corrected chi connectivity index (χ1v) is 7.45. The van der Waals surface area contributed by atoms with Crippen LogP contribution in [0.3, 0.4) is 0 Å². The Morgan fingerprint density at radius 1 is 1.09 bits per heavy atom. The van der Waals surface area contributed by atoms with E-state index in [0.29, 0.717) is 5.56 Å². The molecule has 0 saturated carbocycles. The molecule has 4 nitrogen and oxygen atoms in total. The normalized spacial score (nSPS) is 11.0. The van der Waals surface area contributed by atoms with Crippen LogP contribution in [-0.4, -0.2) is 15.9 Å². The van der Waals surface area contributed by atoms with Crippen molar-refractivity contribution in [3.05, 3.63) is 72.1 Å². The van der Waals surface area contributed by atoms with Crippen LogP contribution in [0.5, 0.6) is 0 Å². The van der Waals surface area contributed by atoms with Crippen molar-refractivity contribution in [2.24, 2.45) is 0 Å². The summed E-state index contributed by atoms with van der Waals surface area (Å²) in [4.78, 5) is 20.3.